The summed E-state index contributed by atoms with van der Waals surface area (Å²) >= 11 is 3.37. The molecule has 3 rings (SSSR count). The SMILES string of the molecule is CC1(C)C=C(c2ccccc2)c2cc(Br)c(O)cc2O1. The topological polar surface area (TPSA) is 29.5 Å². The quantitative estimate of drug-likeness (QED) is 0.817. The Kier molecular flexibility index (Phi) is 3.09. The molecule has 1 aliphatic heterocycles. The molecular formula is C17H15BrO2. The summed E-state index contributed by atoms with van der Waals surface area (Å²) < 4.78 is 6.62. The number of hydrogen-bond donors (Lipinski definition) is 1. The first-order chi connectivity index (χ1) is 9.46. The van der Waals surface area contributed by atoms with Gasteiger partial charge >= 0.3 is 0 Å². The van der Waals surface area contributed by atoms with Gasteiger partial charge in [0, 0.05) is 11.6 Å². The molecule has 2 aromatic carbocycles. The molecule has 2 nitrogen and oxygen atoms in total. The first kappa shape index (κ1) is 13.3. The molecule has 0 aromatic heterocycles. The zero-order valence-electron chi connectivity index (χ0n) is 11.4. The fraction of sp³-hybridized carbons (Fsp3) is 0.176. The van der Waals surface area contributed by atoms with Crippen LogP contribution in [0.3, 0.4) is 0 Å². The van der Waals surface area contributed by atoms with E-state index in [1.165, 1.54) is 0 Å². The Balaban J connectivity index is 2.23. The number of ether oxygens (including phenoxy) is 1. The maximum Gasteiger partial charge on any atom is 0.133 e. The van der Waals surface area contributed by atoms with Crippen molar-refractivity contribution in [2.75, 3.05) is 0 Å². The molecule has 20 heavy (non-hydrogen) atoms. The van der Waals surface area contributed by atoms with E-state index in [1.807, 2.05) is 38.1 Å². The molecule has 0 unspecified atom stereocenters. The molecule has 2 aromatic rings. The number of hydrogen-bond acceptors (Lipinski definition) is 2. The zero-order valence-corrected chi connectivity index (χ0v) is 12.9. The molecule has 0 atom stereocenters. The van der Waals surface area contributed by atoms with Crippen molar-refractivity contribution in [3.05, 3.63) is 64.1 Å². The Bertz CT molecular complexity index is 688. The van der Waals surface area contributed by atoms with Crippen molar-refractivity contribution in [2.24, 2.45) is 0 Å². The van der Waals surface area contributed by atoms with Gasteiger partial charge in [-0.15, -0.1) is 0 Å². The minimum absolute atomic E-state index is 0.189. The number of fused-ring (bicyclic) bond motifs is 1. The van der Waals surface area contributed by atoms with Gasteiger partial charge in [-0.25, -0.2) is 0 Å². The van der Waals surface area contributed by atoms with Gasteiger partial charge in [-0.3, -0.25) is 0 Å². The molecule has 0 saturated carbocycles. The fourth-order valence-corrected chi connectivity index (χ4v) is 2.78. The lowest BCUT2D eigenvalue weighted by atomic mass is 9.90. The monoisotopic (exact) mass is 330 g/mol. The van der Waals surface area contributed by atoms with E-state index >= 15 is 0 Å². The van der Waals surface area contributed by atoms with Gasteiger partial charge in [0.1, 0.15) is 17.1 Å². The Morgan fingerprint density at radius 2 is 1.80 bits per heavy atom. The van der Waals surface area contributed by atoms with E-state index in [0.29, 0.717) is 10.2 Å². The molecule has 3 heteroatoms. The molecule has 0 bridgehead atoms. The Hall–Kier alpha value is -1.74. The van der Waals surface area contributed by atoms with Crippen molar-refractivity contribution in [3.63, 3.8) is 0 Å². The summed E-state index contributed by atoms with van der Waals surface area (Å²) in [4.78, 5) is 0. The standard InChI is InChI=1S/C17H15BrO2/c1-17(2)10-13(11-6-4-3-5-7-11)12-8-14(18)15(19)9-16(12)20-17/h3-10,19H,1-2H3. The number of phenols is 1. The highest BCUT2D eigenvalue weighted by atomic mass is 79.9. The third-order valence-electron chi connectivity index (χ3n) is 3.29. The number of aromatic hydroxyl groups is 1. The van der Waals surface area contributed by atoms with E-state index < -0.39 is 5.60 Å². The van der Waals surface area contributed by atoms with E-state index in [9.17, 15) is 5.11 Å². The summed E-state index contributed by atoms with van der Waals surface area (Å²) in [7, 11) is 0. The van der Waals surface area contributed by atoms with E-state index in [-0.39, 0.29) is 5.75 Å². The first-order valence-corrected chi connectivity index (χ1v) is 7.26. The van der Waals surface area contributed by atoms with Crippen molar-refractivity contribution in [1.29, 1.82) is 0 Å². The smallest absolute Gasteiger partial charge is 0.133 e. The lowest BCUT2D eigenvalue weighted by molar-refractivity contribution is 0.157. The molecule has 1 N–H and O–H groups in total. The molecule has 1 aliphatic rings. The van der Waals surface area contributed by atoms with Crippen LogP contribution in [0, 0.1) is 0 Å². The van der Waals surface area contributed by atoms with Gasteiger partial charge in [0.05, 0.1) is 4.47 Å². The molecule has 0 radical (unpaired) electrons. The minimum atomic E-state index is -0.404. The molecule has 102 valence electrons. The molecule has 1 heterocycles. The first-order valence-electron chi connectivity index (χ1n) is 6.46. The van der Waals surface area contributed by atoms with E-state index in [2.05, 4.69) is 34.1 Å². The van der Waals surface area contributed by atoms with Gasteiger partial charge in [0.15, 0.2) is 0 Å². The fourth-order valence-electron chi connectivity index (χ4n) is 2.43. The highest BCUT2D eigenvalue weighted by molar-refractivity contribution is 9.10. The van der Waals surface area contributed by atoms with Crippen LogP contribution in [0.25, 0.3) is 5.57 Å². The number of halogens is 1. The molecule has 0 amide bonds. The Morgan fingerprint density at radius 3 is 2.50 bits per heavy atom. The predicted molar refractivity (Wildman–Crippen MR) is 84.0 cm³/mol. The highest BCUT2D eigenvalue weighted by Gasteiger charge is 2.28. The van der Waals surface area contributed by atoms with Gasteiger partial charge in [0.2, 0.25) is 0 Å². The second-order valence-electron chi connectivity index (χ2n) is 5.43. The number of phenolic OH excluding ortho intramolecular Hbond substituents is 1. The van der Waals surface area contributed by atoms with Crippen LogP contribution < -0.4 is 4.74 Å². The van der Waals surface area contributed by atoms with Crippen molar-refractivity contribution in [3.8, 4) is 11.5 Å². The summed E-state index contributed by atoms with van der Waals surface area (Å²) in [5.74, 6) is 0.894. The molecule has 0 saturated heterocycles. The van der Waals surface area contributed by atoms with Crippen LogP contribution in [0.5, 0.6) is 11.5 Å². The van der Waals surface area contributed by atoms with Crippen LogP contribution in [0.15, 0.2) is 53.0 Å². The Morgan fingerprint density at radius 1 is 1.10 bits per heavy atom. The lowest BCUT2D eigenvalue weighted by Gasteiger charge is -2.31. The number of benzene rings is 2. The maximum absolute atomic E-state index is 9.86. The average Bonchev–Trinajstić information content (AvgIpc) is 2.40. The van der Waals surface area contributed by atoms with Gasteiger partial charge in [0.25, 0.3) is 0 Å². The van der Waals surface area contributed by atoms with Crippen molar-refractivity contribution < 1.29 is 9.84 Å². The largest absolute Gasteiger partial charge is 0.507 e. The van der Waals surface area contributed by atoms with Gasteiger partial charge < -0.3 is 9.84 Å². The van der Waals surface area contributed by atoms with Crippen LogP contribution in [-0.4, -0.2) is 10.7 Å². The van der Waals surface area contributed by atoms with Crippen molar-refractivity contribution >= 4 is 21.5 Å². The molecule has 0 spiro atoms. The third-order valence-corrected chi connectivity index (χ3v) is 3.92. The van der Waals surface area contributed by atoms with Gasteiger partial charge in [-0.2, -0.15) is 0 Å². The summed E-state index contributed by atoms with van der Waals surface area (Å²) in [6.45, 7) is 4.02. The summed E-state index contributed by atoms with van der Waals surface area (Å²) in [6, 6.07) is 13.8. The zero-order chi connectivity index (χ0) is 14.3. The summed E-state index contributed by atoms with van der Waals surface area (Å²) in [5.41, 5.74) is 2.85. The van der Waals surface area contributed by atoms with Gasteiger partial charge in [-0.1, -0.05) is 30.3 Å². The van der Waals surface area contributed by atoms with Crippen LogP contribution in [0.1, 0.15) is 25.0 Å². The summed E-state index contributed by atoms with van der Waals surface area (Å²) in [5, 5.41) is 9.86. The van der Waals surface area contributed by atoms with E-state index in [0.717, 1.165) is 16.7 Å². The predicted octanol–water partition coefficient (Wildman–Crippen LogP) is 4.76. The molecular weight excluding hydrogens is 316 g/mol. The molecule has 0 aliphatic carbocycles. The van der Waals surface area contributed by atoms with Gasteiger partial charge in [-0.05, 0) is 53.1 Å². The minimum Gasteiger partial charge on any atom is -0.507 e. The Labute approximate surface area is 126 Å². The van der Waals surface area contributed by atoms with E-state index in [4.69, 9.17) is 4.74 Å². The maximum atomic E-state index is 9.86. The average molecular weight is 331 g/mol. The normalized spacial score (nSPS) is 16.1. The van der Waals surface area contributed by atoms with Crippen LogP contribution >= 0.6 is 15.9 Å². The summed E-state index contributed by atoms with van der Waals surface area (Å²) in [6.07, 6.45) is 2.12. The van der Waals surface area contributed by atoms with Crippen molar-refractivity contribution in [2.45, 2.75) is 19.4 Å². The van der Waals surface area contributed by atoms with Crippen LogP contribution in [0.2, 0.25) is 0 Å². The highest BCUT2D eigenvalue weighted by Crippen LogP contribution is 2.43. The lowest BCUT2D eigenvalue weighted by Crippen LogP contribution is -2.29. The van der Waals surface area contributed by atoms with Crippen LogP contribution in [-0.2, 0) is 0 Å². The van der Waals surface area contributed by atoms with Crippen molar-refractivity contribution in [1.82, 2.24) is 0 Å². The second kappa shape index (κ2) is 4.67. The van der Waals surface area contributed by atoms with Crippen LogP contribution in [0.4, 0.5) is 0 Å². The second-order valence-corrected chi connectivity index (χ2v) is 6.28. The third kappa shape index (κ3) is 2.34. The number of rotatable bonds is 1. The molecule has 0 fully saturated rings. The van der Waals surface area contributed by atoms with E-state index in [1.54, 1.807) is 6.07 Å².